The van der Waals surface area contributed by atoms with E-state index in [-0.39, 0.29) is 11.8 Å². The van der Waals surface area contributed by atoms with E-state index in [2.05, 4.69) is 5.32 Å². The minimum atomic E-state index is -0.921. The Morgan fingerprint density at radius 3 is 2.47 bits per heavy atom. The SMILES string of the molecule is CC(C)C[C@H](NC(=O)CC1CC2CCC1C2)C(=O)O. The predicted octanol–water partition coefficient (Wildman–Crippen LogP) is 2.43. The Bertz CT molecular complexity index is 353. The minimum Gasteiger partial charge on any atom is -0.480 e. The van der Waals surface area contributed by atoms with E-state index in [1.54, 1.807) is 0 Å². The average Bonchev–Trinajstić information content (AvgIpc) is 2.89. The smallest absolute Gasteiger partial charge is 0.326 e. The van der Waals surface area contributed by atoms with Gasteiger partial charge >= 0.3 is 5.97 Å². The molecular weight excluding hydrogens is 242 g/mol. The van der Waals surface area contributed by atoms with Crippen LogP contribution < -0.4 is 5.32 Å². The number of amides is 1. The average molecular weight is 267 g/mol. The molecule has 2 fully saturated rings. The Morgan fingerprint density at radius 1 is 1.26 bits per heavy atom. The van der Waals surface area contributed by atoms with Crippen molar-refractivity contribution in [2.75, 3.05) is 0 Å². The second-order valence-corrected chi connectivity index (χ2v) is 6.73. The molecule has 0 radical (unpaired) electrons. The summed E-state index contributed by atoms with van der Waals surface area (Å²) in [7, 11) is 0. The van der Waals surface area contributed by atoms with E-state index >= 15 is 0 Å². The lowest BCUT2D eigenvalue weighted by atomic mass is 9.86. The number of rotatable bonds is 6. The van der Waals surface area contributed by atoms with Crippen LogP contribution in [-0.4, -0.2) is 23.0 Å². The Balaban J connectivity index is 1.81. The van der Waals surface area contributed by atoms with Gasteiger partial charge in [-0.1, -0.05) is 20.3 Å². The molecule has 2 aliphatic carbocycles. The van der Waals surface area contributed by atoms with Crippen LogP contribution in [0.5, 0.6) is 0 Å². The summed E-state index contributed by atoms with van der Waals surface area (Å²) in [5.41, 5.74) is 0. The Hall–Kier alpha value is -1.06. The first-order valence-corrected chi connectivity index (χ1v) is 7.48. The molecule has 0 heterocycles. The molecule has 0 saturated heterocycles. The molecular formula is C15H25NO3. The molecule has 0 aliphatic heterocycles. The lowest BCUT2D eigenvalue weighted by Crippen LogP contribution is -2.42. The normalized spacial score (nSPS) is 30.6. The number of nitrogens with one attached hydrogen (secondary N) is 1. The van der Waals surface area contributed by atoms with Crippen LogP contribution >= 0.6 is 0 Å². The highest BCUT2D eigenvalue weighted by Gasteiger charge is 2.40. The molecule has 0 aromatic rings. The molecule has 1 amide bonds. The van der Waals surface area contributed by atoms with Gasteiger partial charge in [-0.2, -0.15) is 0 Å². The fraction of sp³-hybridized carbons (Fsp3) is 0.867. The minimum absolute atomic E-state index is 0.0781. The quantitative estimate of drug-likeness (QED) is 0.776. The number of carboxylic acids is 1. The van der Waals surface area contributed by atoms with Gasteiger partial charge in [-0.25, -0.2) is 4.79 Å². The fourth-order valence-corrected chi connectivity index (χ4v) is 3.81. The van der Waals surface area contributed by atoms with Crippen molar-refractivity contribution in [2.24, 2.45) is 23.7 Å². The number of carbonyl (C=O) groups is 2. The topological polar surface area (TPSA) is 66.4 Å². The summed E-state index contributed by atoms with van der Waals surface area (Å²) in [6.45, 7) is 3.94. The molecule has 2 rings (SSSR count). The molecule has 2 N–H and O–H groups in total. The summed E-state index contributed by atoms with van der Waals surface area (Å²) >= 11 is 0. The van der Waals surface area contributed by atoms with Crippen LogP contribution in [0.3, 0.4) is 0 Å². The van der Waals surface area contributed by atoms with Gasteiger partial charge in [0.25, 0.3) is 0 Å². The van der Waals surface area contributed by atoms with E-state index in [1.165, 1.54) is 25.7 Å². The first kappa shape index (κ1) is 14.4. The van der Waals surface area contributed by atoms with Crippen molar-refractivity contribution < 1.29 is 14.7 Å². The molecule has 0 aromatic carbocycles. The van der Waals surface area contributed by atoms with Crippen LogP contribution in [0.1, 0.15) is 52.4 Å². The standard InChI is InChI=1S/C15H25NO3/c1-9(2)5-13(15(18)19)16-14(17)8-12-7-10-3-4-11(12)6-10/h9-13H,3-8H2,1-2H3,(H,16,17)(H,18,19)/t10?,11?,12?,13-/m0/s1. The summed E-state index contributed by atoms with van der Waals surface area (Å²) in [5, 5.41) is 11.8. The molecule has 4 nitrogen and oxygen atoms in total. The molecule has 2 bridgehead atoms. The largest absolute Gasteiger partial charge is 0.480 e. The molecule has 2 saturated carbocycles. The van der Waals surface area contributed by atoms with Crippen molar-refractivity contribution in [3.05, 3.63) is 0 Å². The maximum Gasteiger partial charge on any atom is 0.326 e. The second-order valence-electron chi connectivity index (χ2n) is 6.73. The zero-order chi connectivity index (χ0) is 14.0. The van der Waals surface area contributed by atoms with Crippen molar-refractivity contribution in [3.8, 4) is 0 Å². The van der Waals surface area contributed by atoms with E-state index in [9.17, 15) is 9.59 Å². The van der Waals surface area contributed by atoms with Gasteiger partial charge in [-0.05, 0) is 49.4 Å². The van der Waals surface area contributed by atoms with E-state index < -0.39 is 12.0 Å². The van der Waals surface area contributed by atoms with Crippen LogP contribution in [0.25, 0.3) is 0 Å². The zero-order valence-electron chi connectivity index (χ0n) is 11.9. The number of hydrogen-bond donors (Lipinski definition) is 2. The Kier molecular flexibility index (Phi) is 4.48. The van der Waals surface area contributed by atoms with Crippen molar-refractivity contribution in [2.45, 2.75) is 58.4 Å². The van der Waals surface area contributed by atoms with Crippen LogP contribution in [0, 0.1) is 23.7 Å². The van der Waals surface area contributed by atoms with Crippen molar-refractivity contribution in [3.63, 3.8) is 0 Å². The van der Waals surface area contributed by atoms with E-state index in [1.807, 2.05) is 13.8 Å². The first-order chi connectivity index (χ1) is 8.95. The van der Waals surface area contributed by atoms with Crippen molar-refractivity contribution in [1.82, 2.24) is 5.32 Å². The maximum absolute atomic E-state index is 12.0. The van der Waals surface area contributed by atoms with Gasteiger partial charge in [0.05, 0.1) is 0 Å². The third kappa shape index (κ3) is 3.71. The Labute approximate surface area is 115 Å². The first-order valence-electron chi connectivity index (χ1n) is 7.48. The van der Waals surface area contributed by atoms with Gasteiger partial charge in [0.15, 0.2) is 0 Å². The fourth-order valence-electron chi connectivity index (χ4n) is 3.81. The lowest BCUT2D eigenvalue weighted by molar-refractivity contribution is -0.142. The third-order valence-corrected chi connectivity index (χ3v) is 4.67. The van der Waals surface area contributed by atoms with Crippen LogP contribution in [0.15, 0.2) is 0 Å². The van der Waals surface area contributed by atoms with Gasteiger partial charge in [-0.15, -0.1) is 0 Å². The highest BCUT2D eigenvalue weighted by molar-refractivity contribution is 5.83. The van der Waals surface area contributed by atoms with Crippen LogP contribution in [-0.2, 0) is 9.59 Å². The monoisotopic (exact) mass is 267 g/mol. The molecule has 0 aromatic heterocycles. The van der Waals surface area contributed by atoms with E-state index in [0.29, 0.717) is 24.7 Å². The summed E-state index contributed by atoms with van der Waals surface area (Å²) in [4.78, 5) is 23.1. The van der Waals surface area contributed by atoms with Gasteiger partial charge < -0.3 is 10.4 Å². The van der Waals surface area contributed by atoms with Crippen molar-refractivity contribution >= 4 is 11.9 Å². The third-order valence-electron chi connectivity index (χ3n) is 4.67. The lowest BCUT2D eigenvalue weighted by Gasteiger charge is -2.22. The van der Waals surface area contributed by atoms with E-state index in [4.69, 9.17) is 5.11 Å². The number of carboxylic acid groups (broad SMARTS) is 1. The number of carbonyl (C=O) groups excluding carboxylic acids is 1. The molecule has 19 heavy (non-hydrogen) atoms. The highest BCUT2D eigenvalue weighted by atomic mass is 16.4. The highest BCUT2D eigenvalue weighted by Crippen LogP contribution is 2.49. The summed E-state index contributed by atoms with van der Waals surface area (Å²) in [6.07, 6.45) is 6.05. The van der Waals surface area contributed by atoms with Gasteiger partial charge in [-0.3, -0.25) is 4.79 Å². The maximum atomic E-state index is 12.0. The molecule has 4 heteroatoms. The van der Waals surface area contributed by atoms with Crippen LogP contribution in [0.2, 0.25) is 0 Å². The molecule has 2 aliphatic rings. The van der Waals surface area contributed by atoms with Crippen molar-refractivity contribution in [1.29, 1.82) is 0 Å². The summed E-state index contributed by atoms with van der Waals surface area (Å²) in [5.74, 6) is 1.30. The van der Waals surface area contributed by atoms with Gasteiger partial charge in [0.1, 0.15) is 6.04 Å². The summed E-state index contributed by atoms with van der Waals surface area (Å²) in [6, 6.07) is -0.730. The second kappa shape index (κ2) is 5.93. The molecule has 0 spiro atoms. The van der Waals surface area contributed by atoms with Gasteiger partial charge in [0, 0.05) is 6.42 Å². The predicted molar refractivity (Wildman–Crippen MR) is 72.6 cm³/mol. The molecule has 108 valence electrons. The number of hydrogen-bond acceptors (Lipinski definition) is 2. The van der Waals surface area contributed by atoms with Crippen LogP contribution in [0.4, 0.5) is 0 Å². The van der Waals surface area contributed by atoms with Gasteiger partial charge in [0.2, 0.25) is 5.91 Å². The summed E-state index contributed by atoms with van der Waals surface area (Å²) < 4.78 is 0. The number of fused-ring (bicyclic) bond motifs is 2. The zero-order valence-corrected chi connectivity index (χ0v) is 11.9. The molecule has 4 atom stereocenters. The number of aliphatic carboxylic acids is 1. The Morgan fingerprint density at radius 2 is 2.00 bits per heavy atom. The molecule has 3 unspecified atom stereocenters. The van der Waals surface area contributed by atoms with E-state index in [0.717, 1.165) is 5.92 Å².